The summed E-state index contributed by atoms with van der Waals surface area (Å²) in [4.78, 5) is 12.6. The second kappa shape index (κ2) is 10.9. The first-order chi connectivity index (χ1) is 17.0. The van der Waals surface area contributed by atoms with Gasteiger partial charge in [0.1, 0.15) is 6.07 Å². The number of rotatable bonds is 7. The number of aromatic nitrogens is 1. The highest BCUT2D eigenvalue weighted by atomic mass is 35.5. The van der Waals surface area contributed by atoms with Crippen molar-refractivity contribution in [1.29, 1.82) is 5.26 Å². The molecule has 0 bridgehead atoms. The van der Waals surface area contributed by atoms with Gasteiger partial charge < -0.3 is 9.30 Å². The summed E-state index contributed by atoms with van der Waals surface area (Å²) < 4.78 is 7.35. The van der Waals surface area contributed by atoms with Crippen LogP contribution in [-0.2, 0) is 0 Å². The Hall–Kier alpha value is -4.05. The number of ether oxygens (including phenoxy) is 1. The van der Waals surface area contributed by atoms with Crippen LogP contribution >= 0.6 is 23.2 Å². The van der Waals surface area contributed by atoms with Crippen molar-refractivity contribution in [3.63, 3.8) is 0 Å². The zero-order valence-corrected chi connectivity index (χ0v) is 20.2. The van der Waals surface area contributed by atoms with Gasteiger partial charge in [0.05, 0.1) is 22.0 Å². The fourth-order valence-electron chi connectivity index (χ4n) is 3.60. The molecule has 8 heteroatoms. The van der Waals surface area contributed by atoms with Gasteiger partial charge >= 0.3 is 0 Å². The van der Waals surface area contributed by atoms with Crippen molar-refractivity contribution in [2.45, 2.75) is 6.92 Å². The van der Waals surface area contributed by atoms with Crippen LogP contribution in [0.1, 0.15) is 21.6 Å². The minimum absolute atomic E-state index is 0.167. The lowest BCUT2D eigenvalue weighted by Crippen LogP contribution is -2.17. The summed E-state index contributed by atoms with van der Waals surface area (Å²) in [6, 6.07) is 26.6. The smallest absolute Gasteiger partial charge is 0.271 e. The largest absolute Gasteiger partial charge is 0.476 e. The van der Waals surface area contributed by atoms with Gasteiger partial charge in [0, 0.05) is 16.9 Å². The third-order valence-corrected chi connectivity index (χ3v) is 5.78. The molecule has 1 amide bonds. The Labute approximate surface area is 213 Å². The second-order valence-corrected chi connectivity index (χ2v) is 8.38. The Balaban J connectivity index is 1.46. The standard InChI is InChI=1S/C27H20Cl2N4O2/c1-18-7-12-25(20-5-3-2-4-6-20)33(18)22-10-8-21(9-11-22)27(34)32-31-17-19-15-23(28)26(24(29)16-19)35-14-13-30/h2-12,15-17H,14H2,1H3,(H,32,34)/b31-17+. The number of hydrogen-bond donors (Lipinski definition) is 1. The van der Waals surface area contributed by atoms with Gasteiger partial charge in [-0.3, -0.25) is 4.79 Å². The maximum absolute atomic E-state index is 12.6. The zero-order chi connectivity index (χ0) is 24.8. The number of amides is 1. The molecule has 4 aromatic rings. The molecule has 1 N–H and O–H groups in total. The van der Waals surface area contributed by atoms with Crippen molar-refractivity contribution in [2.75, 3.05) is 6.61 Å². The molecule has 0 spiro atoms. The first-order valence-electron chi connectivity index (χ1n) is 10.6. The second-order valence-electron chi connectivity index (χ2n) is 7.57. The zero-order valence-electron chi connectivity index (χ0n) is 18.7. The van der Waals surface area contributed by atoms with Crippen LogP contribution in [0.4, 0.5) is 0 Å². The van der Waals surface area contributed by atoms with E-state index in [1.807, 2.05) is 43.3 Å². The first kappa shape index (κ1) is 24.1. The molecule has 0 aliphatic carbocycles. The van der Waals surface area contributed by atoms with E-state index in [-0.39, 0.29) is 28.3 Å². The fraction of sp³-hybridized carbons (Fsp3) is 0.0741. The Kier molecular flexibility index (Phi) is 7.51. The van der Waals surface area contributed by atoms with E-state index in [9.17, 15) is 4.79 Å². The maximum atomic E-state index is 12.6. The molecule has 3 aromatic carbocycles. The molecule has 0 fully saturated rings. The van der Waals surface area contributed by atoms with Gasteiger partial charge in [0.15, 0.2) is 12.4 Å². The summed E-state index contributed by atoms with van der Waals surface area (Å²) in [7, 11) is 0. The fourth-order valence-corrected chi connectivity index (χ4v) is 4.22. The van der Waals surface area contributed by atoms with Crippen molar-refractivity contribution in [3.05, 3.63) is 106 Å². The van der Waals surface area contributed by atoms with E-state index in [1.54, 1.807) is 24.3 Å². The van der Waals surface area contributed by atoms with Crippen LogP contribution in [0.3, 0.4) is 0 Å². The molecule has 0 aliphatic rings. The Morgan fingerprint density at radius 2 is 1.74 bits per heavy atom. The van der Waals surface area contributed by atoms with Crippen LogP contribution in [0, 0.1) is 18.3 Å². The van der Waals surface area contributed by atoms with Gasteiger partial charge in [-0.2, -0.15) is 10.4 Å². The van der Waals surface area contributed by atoms with Crippen molar-refractivity contribution in [2.24, 2.45) is 5.10 Å². The molecule has 6 nitrogen and oxygen atoms in total. The van der Waals surface area contributed by atoms with Crippen molar-refractivity contribution in [3.8, 4) is 28.8 Å². The summed E-state index contributed by atoms with van der Waals surface area (Å²) in [5.41, 5.74) is 7.76. The summed E-state index contributed by atoms with van der Waals surface area (Å²) in [5.74, 6) is -0.129. The van der Waals surface area contributed by atoms with Crippen LogP contribution < -0.4 is 10.2 Å². The van der Waals surface area contributed by atoms with Gasteiger partial charge in [-0.05, 0) is 66.6 Å². The molecule has 0 unspecified atom stereocenters. The Bertz CT molecular complexity index is 1400. The number of hydrogen-bond acceptors (Lipinski definition) is 4. The maximum Gasteiger partial charge on any atom is 0.271 e. The van der Waals surface area contributed by atoms with Crippen LogP contribution in [0.5, 0.6) is 5.75 Å². The topological polar surface area (TPSA) is 79.4 Å². The lowest BCUT2D eigenvalue weighted by molar-refractivity contribution is 0.0955. The van der Waals surface area contributed by atoms with Gasteiger partial charge in [0.2, 0.25) is 0 Å². The molecule has 0 radical (unpaired) electrons. The third-order valence-electron chi connectivity index (χ3n) is 5.21. The van der Waals surface area contributed by atoms with E-state index >= 15 is 0 Å². The monoisotopic (exact) mass is 502 g/mol. The highest BCUT2D eigenvalue weighted by Gasteiger charge is 2.12. The molecule has 174 valence electrons. The number of nitrogens with zero attached hydrogens (tertiary/aromatic N) is 3. The number of aryl methyl sites for hydroxylation is 1. The van der Waals surface area contributed by atoms with Crippen molar-refractivity contribution >= 4 is 35.3 Å². The van der Waals surface area contributed by atoms with E-state index in [0.29, 0.717) is 11.1 Å². The molecule has 1 heterocycles. The summed E-state index contributed by atoms with van der Waals surface area (Å²) in [6.45, 7) is 1.88. The summed E-state index contributed by atoms with van der Waals surface area (Å²) in [5, 5.41) is 13.1. The molecule has 0 saturated carbocycles. The average molecular weight is 503 g/mol. The number of halogens is 2. The highest BCUT2D eigenvalue weighted by Crippen LogP contribution is 2.33. The number of nitriles is 1. The van der Waals surface area contributed by atoms with Crippen LogP contribution in [0.25, 0.3) is 16.9 Å². The Morgan fingerprint density at radius 1 is 1.06 bits per heavy atom. The molecular formula is C27H20Cl2N4O2. The van der Waals surface area contributed by atoms with Crippen LogP contribution in [-0.4, -0.2) is 23.3 Å². The molecule has 35 heavy (non-hydrogen) atoms. The minimum Gasteiger partial charge on any atom is -0.476 e. The number of benzene rings is 3. The predicted molar refractivity (Wildman–Crippen MR) is 139 cm³/mol. The number of nitrogens with one attached hydrogen (secondary N) is 1. The number of carbonyl (C=O) groups is 1. The van der Waals surface area contributed by atoms with Crippen molar-refractivity contribution < 1.29 is 9.53 Å². The van der Waals surface area contributed by atoms with Gasteiger partial charge in [0.25, 0.3) is 5.91 Å². The lowest BCUT2D eigenvalue weighted by Gasteiger charge is -2.12. The van der Waals surface area contributed by atoms with E-state index in [1.165, 1.54) is 6.21 Å². The lowest BCUT2D eigenvalue weighted by atomic mass is 10.1. The molecule has 1 aromatic heterocycles. The minimum atomic E-state index is -0.355. The Morgan fingerprint density at radius 3 is 2.40 bits per heavy atom. The highest BCUT2D eigenvalue weighted by molar-refractivity contribution is 6.37. The average Bonchev–Trinajstić information content (AvgIpc) is 3.25. The van der Waals surface area contributed by atoms with E-state index in [2.05, 4.69) is 39.4 Å². The predicted octanol–water partition coefficient (Wildman–Crippen LogP) is 6.43. The van der Waals surface area contributed by atoms with Gasteiger partial charge in [-0.15, -0.1) is 0 Å². The van der Waals surface area contributed by atoms with E-state index < -0.39 is 0 Å². The summed E-state index contributed by atoms with van der Waals surface area (Å²) in [6.07, 6.45) is 1.42. The molecule has 4 rings (SSSR count). The van der Waals surface area contributed by atoms with Crippen LogP contribution in [0.2, 0.25) is 10.0 Å². The number of hydrazone groups is 1. The van der Waals surface area contributed by atoms with Gasteiger partial charge in [-0.1, -0.05) is 53.5 Å². The molecular weight excluding hydrogens is 483 g/mol. The first-order valence-corrected chi connectivity index (χ1v) is 11.4. The SMILES string of the molecule is Cc1ccc(-c2ccccc2)n1-c1ccc(C(=O)N/N=C/c2cc(Cl)c(OCC#N)c(Cl)c2)cc1. The van der Waals surface area contributed by atoms with Crippen LogP contribution in [0.15, 0.2) is 84.0 Å². The molecule has 0 saturated heterocycles. The van der Waals surface area contributed by atoms with Gasteiger partial charge in [-0.25, -0.2) is 5.43 Å². The molecule has 0 aliphatic heterocycles. The van der Waals surface area contributed by atoms with E-state index in [4.69, 9.17) is 33.2 Å². The van der Waals surface area contributed by atoms with E-state index in [0.717, 1.165) is 22.6 Å². The van der Waals surface area contributed by atoms with Crippen molar-refractivity contribution in [1.82, 2.24) is 9.99 Å². The summed E-state index contributed by atoms with van der Waals surface area (Å²) >= 11 is 12.3. The quantitative estimate of drug-likeness (QED) is 0.233. The normalized spacial score (nSPS) is 10.8. The third kappa shape index (κ3) is 5.55. The molecule has 0 atom stereocenters. The number of carbonyl (C=O) groups excluding carboxylic acids is 1.